The molecule has 1 aromatic carbocycles. The molecule has 21 heavy (non-hydrogen) atoms. The van der Waals surface area contributed by atoms with Gasteiger partial charge in [-0.2, -0.15) is 4.31 Å². The lowest BCUT2D eigenvalue weighted by Crippen LogP contribution is -2.30. The fourth-order valence-corrected chi connectivity index (χ4v) is 3.10. The number of ether oxygens (including phenoxy) is 1. The molecule has 0 bridgehead atoms. The lowest BCUT2D eigenvalue weighted by Gasteiger charge is -2.16. The average molecular weight is 314 g/mol. The second-order valence-electron chi connectivity index (χ2n) is 4.92. The van der Waals surface area contributed by atoms with Crippen molar-refractivity contribution >= 4 is 10.0 Å². The Bertz CT molecular complexity index is 500. The number of nitrogens with one attached hydrogen (secondary N) is 1. The van der Waals surface area contributed by atoms with Gasteiger partial charge in [0.05, 0.1) is 11.5 Å². The highest BCUT2D eigenvalue weighted by Gasteiger charge is 2.19. The first-order valence-electron chi connectivity index (χ1n) is 7.27. The fourth-order valence-electron chi connectivity index (χ4n) is 1.94. The van der Waals surface area contributed by atoms with E-state index in [1.165, 1.54) is 4.31 Å². The van der Waals surface area contributed by atoms with Gasteiger partial charge in [-0.15, -0.1) is 0 Å². The second kappa shape index (κ2) is 9.15. The summed E-state index contributed by atoms with van der Waals surface area (Å²) >= 11 is 0. The number of aryl methyl sites for hydroxylation is 1. The summed E-state index contributed by atoms with van der Waals surface area (Å²) in [6, 6.07) is 7.15. The van der Waals surface area contributed by atoms with Crippen LogP contribution in [0, 0.1) is 0 Å². The topological polar surface area (TPSA) is 58.6 Å². The first-order valence-corrected chi connectivity index (χ1v) is 8.71. The molecule has 0 saturated carbocycles. The van der Waals surface area contributed by atoms with E-state index in [4.69, 9.17) is 4.74 Å². The van der Waals surface area contributed by atoms with Gasteiger partial charge < -0.3 is 10.1 Å². The maximum absolute atomic E-state index is 12.3. The van der Waals surface area contributed by atoms with Gasteiger partial charge in [0.2, 0.25) is 10.0 Å². The Kier molecular flexibility index (Phi) is 7.88. The van der Waals surface area contributed by atoms with E-state index >= 15 is 0 Å². The lowest BCUT2D eigenvalue weighted by atomic mass is 10.1. The predicted molar refractivity (Wildman–Crippen MR) is 85.0 cm³/mol. The van der Waals surface area contributed by atoms with E-state index in [1.54, 1.807) is 26.3 Å². The van der Waals surface area contributed by atoms with Gasteiger partial charge in [0.25, 0.3) is 0 Å². The number of likely N-dealkylation sites (N-methyl/N-ethyl adjacent to an activating group) is 1. The number of hydrogen-bond donors (Lipinski definition) is 1. The summed E-state index contributed by atoms with van der Waals surface area (Å²) in [5.74, 6) is 0. The smallest absolute Gasteiger partial charge is 0.242 e. The highest BCUT2D eigenvalue weighted by molar-refractivity contribution is 7.89. The van der Waals surface area contributed by atoms with Gasteiger partial charge >= 0.3 is 0 Å². The molecule has 0 atom stereocenters. The molecule has 0 aliphatic heterocycles. The van der Waals surface area contributed by atoms with Crippen molar-refractivity contribution in [1.82, 2.24) is 9.62 Å². The summed E-state index contributed by atoms with van der Waals surface area (Å²) in [4.78, 5) is 0.330. The third-order valence-corrected chi connectivity index (χ3v) is 5.18. The lowest BCUT2D eigenvalue weighted by molar-refractivity contribution is 0.185. The van der Waals surface area contributed by atoms with Crippen molar-refractivity contribution in [1.29, 1.82) is 0 Å². The second-order valence-corrected chi connectivity index (χ2v) is 6.97. The van der Waals surface area contributed by atoms with Crippen LogP contribution in [0.3, 0.4) is 0 Å². The third kappa shape index (κ3) is 5.74. The number of rotatable bonds is 10. The van der Waals surface area contributed by atoms with E-state index in [2.05, 4.69) is 12.2 Å². The predicted octanol–water partition coefficient (Wildman–Crippen LogP) is 1.50. The van der Waals surface area contributed by atoms with Gasteiger partial charge in [0, 0.05) is 20.7 Å². The van der Waals surface area contributed by atoms with Crippen LogP contribution in [-0.2, 0) is 21.2 Å². The molecule has 0 aliphatic carbocycles. The largest absolute Gasteiger partial charge is 0.383 e. The number of methoxy groups -OCH3 is 1. The summed E-state index contributed by atoms with van der Waals surface area (Å²) in [7, 11) is -0.290. The van der Waals surface area contributed by atoms with E-state index in [-0.39, 0.29) is 0 Å². The van der Waals surface area contributed by atoms with Crippen LogP contribution in [-0.4, -0.2) is 53.1 Å². The normalized spacial score (nSPS) is 12.0. The van der Waals surface area contributed by atoms with Crippen molar-refractivity contribution in [2.45, 2.75) is 24.7 Å². The fraction of sp³-hybridized carbons (Fsp3) is 0.600. The summed E-state index contributed by atoms with van der Waals surface area (Å²) in [6.45, 7) is 4.78. The van der Waals surface area contributed by atoms with Crippen LogP contribution >= 0.6 is 0 Å². The molecule has 1 N–H and O–H groups in total. The first-order chi connectivity index (χ1) is 10.0. The van der Waals surface area contributed by atoms with Crippen LogP contribution in [0.1, 0.15) is 18.9 Å². The Hall–Kier alpha value is -0.950. The molecule has 0 saturated heterocycles. The van der Waals surface area contributed by atoms with Crippen LogP contribution in [0.2, 0.25) is 0 Å². The molecular weight excluding hydrogens is 288 g/mol. The monoisotopic (exact) mass is 314 g/mol. The number of hydrogen-bond acceptors (Lipinski definition) is 4. The Labute approximate surface area is 128 Å². The minimum Gasteiger partial charge on any atom is -0.383 e. The molecule has 0 spiro atoms. The van der Waals surface area contributed by atoms with Gasteiger partial charge in [0.15, 0.2) is 0 Å². The van der Waals surface area contributed by atoms with Gasteiger partial charge in [0.1, 0.15) is 0 Å². The van der Waals surface area contributed by atoms with Crippen molar-refractivity contribution < 1.29 is 13.2 Å². The Morgan fingerprint density at radius 2 is 1.90 bits per heavy atom. The standard InChI is InChI=1S/C15H26N2O3S/c1-4-16-11-5-6-14-7-9-15(10-8-14)21(18,19)17(2)12-13-20-3/h7-10,16H,4-6,11-13H2,1-3H3. The minimum atomic E-state index is -3.42. The molecular formula is C15H26N2O3S. The molecule has 0 fully saturated rings. The van der Waals surface area contributed by atoms with Crippen LogP contribution in [0.5, 0.6) is 0 Å². The molecule has 1 aromatic rings. The van der Waals surface area contributed by atoms with E-state index < -0.39 is 10.0 Å². The minimum absolute atomic E-state index is 0.330. The Morgan fingerprint density at radius 1 is 1.24 bits per heavy atom. The maximum atomic E-state index is 12.3. The van der Waals surface area contributed by atoms with Crippen LogP contribution in [0.25, 0.3) is 0 Å². The zero-order valence-electron chi connectivity index (χ0n) is 13.1. The van der Waals surface area contributed by atoms with E-state index in [1.807, 2.05) is 12.1 Å². The Balaban J connectivity index is 2.63. The molecule has 0 heterocycles. The molecule has 0 unspecified atom stereocenters. The number of benzene rings is 1. The Morgan fingerprint density at radius 3 is 2.48 bits per heavy atom. The summed E-state index contributed by atoms with van der Waals surface area (Å²) < 4.78 is 30.8. The van der Waals surface area contributed by atoms with Gasteiger partial charge in [-0.25, -0.2) is 8.42 Å². The van der Waals surface area contributed by atoms with Crippen molar-refractivity contribution in [3.8, 4) is 0 Å². The molecule has 0 aromatic heterocycles. The summed E-state index contributed by atoms with van der Waals surface area (Å²) in [6.07, 6.45) is 2.00. The molecule has 5 nitrogen and oxygen atoms in total. The summed E-state index contributed by atoms with van der Waals surface area (Å²) in [5, 5.41) is 3.27. The molecule has 0 aliphatic rings. The van der Waals surface area contributed by atoms with Crippen molar-refractivity contribution in [2.24, 2.45) is 0 Å². The highest BCUT2D eigenvalue weighted by atomic mass is 32.2. The van der Waals surface area contributed by atoms with Crippen LogP contribution in [0.15, 0.2) is 29.2 Å². The molecule has 1 rings (SSSR count). The third-order valence-electron chi connectivity index (χ3n) is 3.31. The van der Waals surface area contributed by atoms with Crippen molar-refractivity contribution in [3.63, 3.8) is 0 Å². The van der Waals surface area contributed by atoms with E-state index in [9.17, 15) is 8.42 Å². The zero-order valence-corrected chi connectivity index (χ0v) is 13.9. The highest BCUT2D eigenvalue weighted by Crippen LogP contribution is 2.15. The molecule has 6 heteroatoms. The van der Waals surface area contributed by atoms with Crippen molar-refractivity contribution in [3.05, 3.63) is 29.8 Å². The average Bonchev–Trinajstić information content (AvgIpc) is 2.49. The van der Waals surface area contributed by atoms with Crippen LogP contribution in [0.4, 0.5) is 0 Å². The zero-order chi connectivity index (χ0) is 15.7. The first kappa shape index (κ1) is 18.1. The molecule has 120 valence electrons. The van der Waals surface area contributed by atoms with Gasteiger partial charge in [-0.1, -0.05) is 19.1 Å². The van der Waals surface area contributed by atoms with Crippen molar-refractivity contribution in [2.75, 3.05) is 40.4 Å². The molecule has 0 amide bonds. The molecule has 0 radical (unpaired) electrons. The quantitative estimate of drug-likeness (QED) is 0.665. The SMILES string of the molecule is CCNCCCc1ccc(S(=O)(=O)N(C)CCOC)cc1. The van der Waals surface area contributed by atoms with Gasteiger partial charge in [-0.3, -0.25) is 0 Å². The number of sulfonamides is 1. The van der Waals surface area contributed by atoms with E-state index in [0.717, 1.165) is 31.5 Å². The maximum Gasteiger partial charge on any atom is 0.242 e. The summed E-state index contributed by atoms with van der Waals surface area (Å²) in [5.41, 5.74) is 1.16. The van der Waals surface area contributed by atoms with E-state index in [0.29, 0.717) is 18.0 Å². The van der Waals surface area contributed by atoms with Gasteiger partial charge in [-0.05, 0) is 43.6 Å². The number of nitrogens with zero attached hydrogens (tertiary/aromatic N) is 1. The van der Waals surface area contributed by atoms with Crippen LogP contribution < -0.4 is 5.32 Å².